The molecule has 0 amide bonds. The van der Waals surface area contributed by atoms with Gasteiger partial charge in [0.05, 0.1) is 0 Å². The van der Waals surface area contributed by atoms with Gasteiger partial charge < -0.3 is 4.52 Å². The maximum atomic E-state index is 5.50. The van der Waals surface area contributed by atoms with Gasteiger partial charge in [-0.05, 0) is 37.4 Å². The van der Waals surface area contributed by atoms with Crippen molar-refractivity contribution in [3.63, 3.8) is 0 Å². The highest BCUT2D eigenvalue weighted by Crippen LogP contribution is 2.48. The van der Waals surface area contributed by atoms with Crippen LogP contribution in [-0.4, -0.2) is 37.4 Å². The lowest BCUT2D eigenvalue weighted by molar-refractivity contribution is 0.243. The van der Waals surface area contributed by atoms with E-state index >= 15 is 0 Å². The van der Waals surface area contributed by atoms with Crippen molar-refractivity contribution < 1.29 is 4.52 Å². The van der Waals surface area contributed by atoms with E-state index in [0.717, 1.165) is 12.2 Å². The maximum absolute atomic E-state index is 5.50. The molecule has 6 heteroatoms. The first kappa shape index (κ1) is 14.8. The van der Waals surface area contributed by atoms with Crippen LogP contribution in [0.5, 0.6) is 0 Å². The van der Waals surface area contributed by atoms with Gasteiger partial charge in [-0.1, -0.05) is 35.5 Å². The highest BCUT2D eigenvalue weighted by Gasteiger charge is 2.46. The largest absolute Gasteiger partial charge is 0.337 e. The smallest absolute Gasteiger partial charge is 0.248 e. The van der Waals surface area contributed by atoms with Gasteiger partial charge in [-0.25, -0.2) is 0 Å². The van der Waals surface area contributed by atoms with Crippen LogP contribution >= 0.6 is 0 Å². The minimum Gasteiger partial charge on any atom is -0.337 e. The average molecular weight is 335 g/mol. The van der Waals surface area contributed by atoms with Crippen LogP contribution in [0.15, 0.2) is 53.3 Å². The minimum atomic E-state index is 0.350. The summed E-state index contributed by atoms with van der Waals surface area (Å²) in [5, 5.41) is 8.52. The molecule has 128 valence electrons. The fourth-order valence-electron chi connectivity index (χ4n) is 4.46. The minimum absolute atomic E-state index is 0.350. The summed E-state index contributed by atoms with van der Waals surface area (Å²) in [5.41, 5.74) is 1.40. The molecular weight excluding hydrogens is 314 g/mol. The summed E-state index contributed by atoms with van der Waals surface area (Å²) in [6, 6.07) is 13.7. The summed E-state index contributed by atoms with van der Waals surface area (Å²) in [4.78, 5) is 7.33. The van der Waals surface area contributed by atoms with Crippen LogP contribution in [0.1, 0.15) is 48.5 Å². The molecule has 2 aliphatic heterocycles. The van der Waals surface area contributed by atoms with E-state index < -0.39 is 0 Å². The molecule has 0 N–H and O–H groups in total. The van der Waals surface area contributed by atoms with E-state index in [1.54, 1.807) is 10.9 Å². The third-order valence-electron chi connectivity index (χ3n) is 5.54. The lowest BCUT2D eigenvalue weighted by Gasteiger charge is -2.24. The lowest BCUT2D eigenvalue weighted by Crippen LogP contribution is -2.27. The molecule has 0 aliphatic carbocycles. The molecule has 4 heterocycles. The second kappa shape index (κ2) is 6.11. The van der Waals surface area contributed by atoms with Gasteiger partial charge in [0, 0.05) is 30.4 Å². The Hall–Kier alpha value is -2.47. The van der Waals surface area contributed by atoms with Gasteiger partial charge in [-0.15, -0.1) is 0 Å². The normalized spacial score (nSPS) is 26.2. The van der Waals surface area contributed by atoms with Crippen molar-refractivity contribution in [2.24, 2.45) is 0 Å². The van der Waals surface area contributed by atoms with E-state index in [0.29, 0.717) is 30.4 Å². The quantitative estimate of drug-likeness (QED) is 0.733. The summed E-state index contributed by atoms with van der Waals surface area (Å²) in [7, 11) is 0. The molecular formula is C19H21N5O. The molecule has 5 rings (SSSR count). The van der Waals surface area contributed by atoms with E-state index in [2.05, 4.69) is 45.5 Å². The highest BCUT2D eigenvalue weighted by molar-refractivity contribution is 5.24. The lowest BCUT2D eigenvalue weighted by atomic mass is 9.94. The van der Waals surface area contributed by atoms with Crippen molar-refractivity contribution in [1.29, 1.82) is 0 Å². The second-order valence-electron chi connectivity index (χ2n) is 6.97. The van der Waals surface area contributed by atoms with E-state index in [1.165, 1.54) is 24.9 Å². The number of hydrogen-bond donors (Lipinski definition) is 0. The third-order valence-corrected chi connectivity index (χ3v) is 5.54. The molecule has 0 unspecified atom stereocenters. The molecule has 1 aromatic carbocycles. The first-order valence-electron chi connectivity index (χ1n) is 8.99. The van der Waals surface area contributed by atoms with Crippen LogP contribution in [0.25, 0.3) is 0 Å². The number of fused-ring (bicyclic) bond motifs is 1. The Morgan fingerprint density at radius 3 is 2.92 bits per heavy atom. The van der Waals surface area contributed by atoms with Gasteiger partial charge in [0.1, 0.15) is 6.54 Å². The van der Waals surface area contributed by atoms with Crippen LogP contribution in [0.2, 0.25) is 0 Å². The van der Waals surface area contributed by atoms with Crippen LogP contribution < -0.4 is 0 Å². The van der Waals surface area contributed by atoms with Gasteiger partial charge in [0.2, 0.25) is 5.89 Å². The van der Waals surface area contributed by atoms with E-state index in [9.17, 15) is 0 Å². The Labute approximate surface area is 146 Å². The van der Waals surface area contributed by atoms with Crippen LogP contribution in [-0.2, 0) is 6.54 Å². The fraction of sp³-hybridized carbons (Fsp3) is 0.421. The second-order valence-corrected chi connectivity index (χ2v) is 6.97. The summed E-state index contributed by atoms with van der Waals surface area (Å²) < 4.78 is 7.31. The van der Waals surface area contributed by atoms with E-state index in [4.69, 9.17) is 9.51 Å². The monoisotopic (exact) mass is 335 g/mol. The number of nitrogens with zero attached hydrogens (tertiary/aromatic N) is 5. The zero-order valence-electron chi connectivity index (χ0n) is 14.0. The Morgan fingerprint density at radius 2 is 2.08 bits per heavy atom. The summed E-state index contributed by atoms with van der Waals surface area (Å²) in [6.45, 7) is 1.70. The number of aromatic nitrogens is 4. The first-order valence-corrected chi connectivity index (χ1v) is 8.99. The maximum Gasteiger partial charge on any atom is 0.248 e. The van der Waals surface area contributed by atoms with Crippen LogP contribution in [0, 0.1) is 0 Å². The van der Waals surface area contributed by atoms with Crippen molar-refractivity contribution in [2.75, 3.05) is 6.54 Å². The third kappa shape index (κ3) is 2.66. The number of hydrogen-bond acceptors (Lipinski definition) is 5. The Balaban J connectivity index is 1.39. The molecule has 2 aromatic heterocycles. The number of rotatable bonds is 4. The molecule has 2 fully saturated rings. The van der Waals surface area contributed by atoms with Crippen LogP contribution in [0.3, 0.4) is 0 Å². The predicted molar refractivity (Wildman–Crippen MR) is 91.9 cm³/mol. The van der Waals surface area contributed by atoms with Gasteiger partial charge in [-0.3, -0.25) is 9.58 Å². The van der Waals surface area contributed by atoms with Crippen molar-refractivity contribution in [1.82, 2.24) is 24.8 Å². The summed E-state index contributed by atoms with van der Waals surface area (Å²) >= 11 is 0. The van der Waals surface area contributed by atoms with Gasteiger partial charge in [0.15, 0.2) is 5.82 Å². The molecule has 0 radical (unpaired) electrons. The van der Waals surface area contributed by atoms with Crippen molar-refractivity contribution >= 4 is 0 Å². The van der Waals surface area contributed by atoms with Gasteiger partial charge in [-0.2, -0.15) is 10.1 Å². The number of benzene rings is 1. The predicted octanol–water partition coefficient (Wildman–Crippen LogP) is 3.01. The van der Waals surface area contributed by atoms with E-state index in [-0.39, 0.29) is 0 Å². The molecule has 2 aliphatic rings. The highest BCUT2D eigenvalue weighted by atomic mass is 16.5. The molecule has 3 aromatic rings. The fourth-order valence-corrected chi connectivity index (χ4v) is 4.46. The van der Waals surface area contributed by atoms with Gasteiger partial charge >= 0.3 is 0 Å². The van der Waals surface area contributed by atoms with Crippen LogP contribution in [0.4, 0.5) is 0 Å². The zero-order chi connectivity index (χ0) is 16.6. The molecule has 0 spiro atoms. The summed E-state index contributed by atoms with van der Waals surface area (Å²) in [5.74, 6) is 1.84. The van der Waals surface area contributed by atoms with Crippen molar-refractivity contribution in [2.45, 2.75) is 43.8 Å². The first-order chi connectivity index (χ1) is 12.4. The average Bonchev–Trinajstić information content (AvgIpc) is 3.41. The molecule has 2 saturated heterocycles. The van der Waals surface area contributed by atoms with Gasteiger partial charge in [0.25, 0.3) is 0 Å². The molecule has 25 heavy (non-hydrogen) atoms. The molecule has 0 saturated carbocycles. The molecule has 0 bridgehead atoms. The topological polar surface area (TPSA) is 60.0 Å². The molecule has 6 nitrogen and oxygen atoms in total. The Morgan fingerprint density at radius 1 is 1.16 bits per heavy atom. The molecule has 3 atom stereocenters. The van der Waals surface area contributed by atoms with E-state index in [1.807, 2.05) is 12.3 Å². The van der Waals surface area contributed by atoms with Crippen molar-refractivity contribution in [3.8, 4) is 0 Å². The standard InChI is InChI=1S/C19H21N5O/c1-2-6-14(7-3-1)17-12-15(16-8-4-11-24(16)17)19-21-18(25-22-19)13-23-10-5-9-20-23/h1-3,5-7,9-10,15-17H,4,8,11-13H2/t15-,16+,17-/m1/s1. The van der Waals surface area contributed by atoms with Crippen molar-refractivity contribution in [3.05, 3.63) is 66.1 Å². The zero-order valence-corrected chi connectivity index (χ0v) is 14.0. The SMILES string of the molecule is c1ccc([C@H]2C[C@@H](c3noc(Cn4cccn4)n3)[C@@H]3CCCN23)cc1. The Kier molecular flexibility index (Phi) is 3.63. The Bertz CT molecular complexity index is 829. The summed E-state index contributed by atoms with van der Waals surface area (Å²) in [6.07, 6.45) is 7.20.